The first-order valence-electron chi connectivity index (χ1n) is 6.18. The molecule has 2 heterocycles. The van der Waals surface area contributed by atoms with E-state index in [1.807, 2.05) is 12.1 Å². The molecule has 0 spiro atoms. The second kappa shape index (κ2) is 5.66. The summed E-state index contributed by atoms with van der Waals surface area (Å²) < 4.78 is 4.86. The number of methoxy groups -OCH3 is 1. The van der Waals surface area contributed by atoms with E-state index in [0.717, 1.165) is 23.7 Å². The molecule has 0 saturated carbocycles. The minimum absolute atomic E-state index is 0.163. The number of aromatic nitrogens is 6. The Morgan fingerprint density at radius 1 is 1.30 bits per heavy atom. The molecule has 8 nitrogen and oxygen atoms in total. The van der Waals surface area contributed by atoms with Crippen molar-refractivity contribution in [2.45, 2.75) is 12.8 Å². The molecule has 0 bridgehead atoms. The molecule has 0 aliphatic carbocycles. The highest BCUT2D eigenvalue weighted by Crippen LogP contribution is 2.16. The van der Waals surface area contributed by atoms with Gasteiger partial charge >= 0.3 is 0 Å². The number of benzene rings is 1. The smallest absolute Gasteiger partial charge is 0.216 e. The lowest BCUT2D eigenvalue weighted by Crippen LogP contribution is -2.14. The molecule has 0 saturated heterocycles. The number of H-pyrrole nitrogens is 1. The Hall–Kier alpha value is -2.48. The van der Waals surface area contributed by atoms with Crippen LogP contribution in [0.25, 0.3) is 10.9 Å². The van der Waals surface area contributed by atoms with Crippen molar-refractivity contribution in [3.05, 3.63) is 35.8 Å². The van der Waals surface area contributed by atoms with Crippen LogP contribution in [0.4, 0.5) is 0 Å². The summed E-state index contributed by atoms with van der Waals surface area (Å²) in [7, 11) is 1.57. The van der Waals surface area contributed by atoms with Crippen molar-refractivity contribution in [2.24, 2.45) is 0 Å². The van der Waals surface area contributed by atoms with Crippen LogP contribution >= 0.6 is 0 Å². The van der Waals surface area contributed by atoms with E-state index in [0.29, 0.717) is 5.82 Å². The Morgan fingerprint density at radius 2 is 2.25 bits per heavy atom. The zero-order valence-electron chi connectivity index (χ0n) is 11.0. The van der Waals surface area contributed by atoms with E-state index in [4.69, 9.17) is 9.57 Å². The van der Waals surface area contributed by atoms with Crippen molar-refractivity contribution >= 4 is 10.9 Å². The first kappa shape index (κ1) is 12.5. The molecule has 0 amide bonds. The first-order valence-corrected chi connectivity index (χ1v) is 6.18. The van der Waals surface area contributed by atoms with E-state index in [1.54, 1.807) is 13.3 Å². The number of aryl methyl sites for hydroxylation is 2. The third kappa shape index (κ3) is 2.59. The van der Waals surface area contributed by atoms with Gasteiger partial charge in [-0.1, -0.05) is 16.1 Å². The Kier molecular flexibility index (Phi) is 3.55. The van der Waals surface area contributed by atoms with Crippen LogP contribution in [0.3, 0.4) is 0 Å². The zero-order chi connectivity index (χ0) is 13.8. The molecule has 8 heteroatoms. The summed E-state index contributed by atoms with van der Waals surface area (Å²) in [5.74, 6) is 0.712. The summed E-state index contributed by atoms with van der Waals surface area (Å²) in [5, 5.41) is 19.0. The Labute approximate surface area is 114 Å². The number of nitrogens with one attached hydrogen (secondary N) is 1. The lowest BCUT2D eigenvalue weighted by atomic mass is 10.1. The number of nitrogens with zero attached hydrogens (tertiary/aromatic N) is 5. The minimum Gasteiger partial charge on any atom is -0.367 e. The van der Waals surface area contributed by atoms with Crippen molar-refractivity contribution in [1.82, 2.24) is 30.6 Å². The molecule has 0 radical (unpaired) electrons. The van der Waals surface area contributed by atoms with Crippen molar-refractivity contribution in [3.8, 4) is 0 Å². The number of fused-ring (bicyclic) bond motifs is 1. The number of rotatable bonds is 6. The van der Waals surface area contributed by atoms with Crippen LogP contribution < -0.4 is 4.84 Å². The van der Waals surface area contributed by atoms with Crippen molar-refractivity contribution in [2.75, 3.05) is 13.9 Å². The quantitative estimate of drug-likeness (QED) is 0.653. The molecule has 0 atom stereocenters. The highest BCUT2D eigenvalue weighted by atomic mass is 16.8. The molecule has 1 N–H and O–H groups in total. The lowest BCUT2D eigenvalue weighted by Gasteiger charge is -2.05. The maximum atomic E-state index is 5.32. The number of hydrogen-bond donors (Lipinski definition) is 1. The van der Waals surface area contributed by atoms with Crippen molar-refractivity contribution in [3.63, 3.8) is 0 Å². The maximum absolute atomic E-state index is 5.32. The molecule has 20 heavy (non-hydrogen) atoms. The summed E-state index contributed by atoms with van der Waals surface area (Å²) in [6, 6.07) is 6.09. The van der Waals surface area contributed by atoms with Crippen molar-refractivity contribution < 1.29 is 9.57 Å². The Morgan fingerprint density at radius 3 is 3.05 bits per heavy atom. The zero-order valence-corrected chi connectivity index (χ0v) is 11.0. The first-order chi connectivity index (χ1) is 9.86. The molecule has 3 aromatic rings. The van der Waals surface area contributed by atoms with Crippen molar-refractivity contribution in [1.29, 1.82) is 0 Å². The van der Waals surface area contributed by atoms with Crippen LogP contribution in [-0.2, 0) is 17.6 Å². The van der Waals surface area contributed by atoms with Crippen LogP contribution in [0.2, 0.25) is 0 Å². The standard InChI is InChI=1S/C12H14N6O2/c1-19-8-20-18-11-4-2-9(6-10(11)7-13-18)3-5-12-14-16-17-15-12/h2,4,6-7H,3,5,8H2,1H3,(H,14,15,16,17). The fourth-order valence-electron chi connectivity index (χ4n) is 1.96. The van der Waals surface area contributed by atoms with Crippen LogP contribution in [0.5, 0.6) is 0 Å². The maximum Gasteiger partial charge on any atom is 0.216 e. The van der Waals surface area contributed by atoms with E-state index in [2.05, 4.69) is 31.8 Å². The van der Waals surface area contributed by atoms with E-state index in [1.165, 1.54) is 10.4 Å². The molecule has 0 fully saturated rings. The van der Waals surface area contributed by atoms with Gasteiger partial charge in [-0.15, -0.1) is 15.3 Å². The molecule has 0 unspecified atom stereocenters. The van der Waals surface area contributed by atoms with Gasteiger partial charge in [-0.2, -0.15) is 5.21 Å². The highest BCUT2D eigenvalue weighted by molar-refractivity contribution is 5.79. The molecule has 0 aliphatic rings. The van der Waals surface area contributed by atoms with Gasteiger partial charge in [0.15, 0.2) is 5.82 Å². The topological polar surface area (TPSA) is 90.7 Å². The van der Waals surface area contributed by atoms with E-state index in [-0.39, 0.29) is 6.79 Å². The Balaban J connectivity index is 1.74. The fourth-order valence-corrected chi connectivity index (χ4v) is 1.96. The predicted molar refractivity (Wildman–Crippen MR) is 69.8 cm³/mol. The van der Waals surface area contributed by atoms with Crippen LogP contribution in [0, 0.1) is 0 Å². The van der Waals surface area contributed by atoms with E-state index in [9.17, 15) is 0 Å². The summed E-state index contributed by atoms with van der Waals surface area (Å²) in [5.41, 5.74) is 2.10. The second-order valence-electron chi connectivity index (χ2n) is 4.27. The number of aromatic amines is 1. The van der Waals surface area contributed by atoms with Crippen LogP contribution in [0.1, 0.15) is 11.4 Å². The number of ether oxygens (including phenoxy) is 1. The summed E-state index contributed by atoms with van der Waals surface area (Å²) in [6.07, 6.45) is 3.36. The van der Waals surface area contributed by atoms with Crippen LogP contribution in [0.15, 0.2) is 24.4 Å². The van der Waals surface area contributed by atoms with E-state index < -0.39 is 0 Å². The average Bonchev–Trinajstić information content (AvgIpc) is 3.12. The van der Waals surface area contributed by atoms with Gasteiger partial charge < -0.3 is 9.57 Å². The van der Waals surface area contributed by atoms with Gasteiger partial charge in [0.1, 0.15) is 5.52 Å². The minimum atomic E-state index is 0.163. The third-order valence-electron chi connectivity index (χ3n) is 2.92. The Bertz CT molecular complexity index is 678. The van der Waals surface area contributed by atoms with Gasteiger partial charge in [0.05, 0.1) is 6.20 Å². The summed E-state index contributed by atoms with van der Waals surface area (Å²) in [4.78, 5) is 6.78. The predicted octanol–water partition coefficient (Wildman–Crippen LogP) is 0.367. The largest absolute Gasteiger partial charge is 0.367 e. The summed E-state index contributed by atoms with van der Waals surface area (Å²) in [6.45, 7) is 0.163. The molecular weight excluding hydrogens is 260 g/mol. The molecule has 3 rings (SSSR count). The fraction of sp³-hybridized carbons (Fsp3) is 0.333. The summed E-state index contributed by atoms with van der Waals surface area (Å²) >= 11 is 0. The number of tetrazole rings is 1. The van der Waals surface area contributed by atoms with Gasteiger partial charge in [-0.05, 0) is 24.1 Å². The molecule has 1 aromatic carbocycles. The SMILES string of the molecule is COCOn1ncc2cc(CCc3nn[nH]n3)ccc21. The van der Waals surface area contributed by atoms with Crippen LogP contribution in [-0.4, -0.2) is 44.5 Å². The molecular formula is C12H14N6O2. The number of hydrogen-bond acceptors (Lipinski definition) is 6. The normalized spacial score (nSPS) is 11.1. The van der Waals surface area contributed by atoms with Gasteiger partial charge in [0, 0.05) is 18.9 Å². The molecule has 104 valence electrons. The van der Waals surface area contributed by atoms with Gasteiger partial charge in [0.25, 0.3) is 0 Å². The highest BCUT2D eigenvalue weighted by Gasteiger charge is 2.05. The third-order valence-corrected chi connectivity index (χ3v) is 2.92. The average molecular weight is 274 g/mol. The lowest BCUT2D eigenvalue weighted by molar-refractivity contribution is -0.0464. The van der Waals surface area contributed by atoms with Gasteiger partial charge in [0.2, 0.25) is 6.79 Å². The van der Waals surface area contributed by atoms with Gasteiger partial charge in [-0.3, -0.25) is 0 Å². The van der Waals surface area contributed by atoms with Gasteiger partial charge in [-0.25, -0.2) is 0 Å². The second-order valence-corrected chi connectivity index (χ2v) is 4.27. The molecule has 2 aromatic heterocycles. The van der Waals surface area contributed by atoms with E-state index >= 15 is 0 Å². The monoisotopic (exact) mass is 274 g/mol. The molecule has 0 aliphatic heterocycles.